The van der Waals surface area contributed by atoms with E-state index in [2.05, 4.69) is 15.5 Å². The number of amides is 1. The van der Waals surface area contributed by atoms with Gasteiger partial charge >= 0.3 is 0 Å². The molecule has 0 bridgehead atoms. The van der Waals surface area contributed by atoms with Crippen LogP contribution >= 0.6 is 0 Å². The number of aromatic nitrogens is 4. The first-order valence-corrected chi connectivity index (χ1v) is 5.90. The second-order valence-electron chi connectivity index (χ2n) is 4.28. The van der Waals surface area contributed by atoms with Gasteiger partial charge < -0.3 is 10.6 Å². The first kappa shape index (κ1) is 13.0. The quantitative estimate of drug-likeness (QED) is 0.841. The summed E-state index contributed by atoms with van der Waals surface area (Å²) in [7, 11) is 0. The normalized spacial score (nSPS) is 13.8. The molecule has 1 atom stereocenters. The zero-order chi connectivity index (χ0) is 13.9. The van der Waals surface area contributed by atoms with Crippen LogP contribution in [-0.2, 0) is 4.79 Å². The molecule has 2 aromatic rings. The smallest absolute Gasteiger partial charge is 0.264 e. The lowest BCUT2D eigenvalue weighted by molar-refractivity contribution is -0.144. The van der Waals surface area contributed by atoms with Crippen LogP contribution in [0.2, 0.25) is 0 Å². The molecule has 1 heterocycles. The van der Waals surface area contributed by atoms with Crippen molar-refractivity contribution in [2.45, 2.75) is 25.9 Å². The van der Waals surface area contributed by atoms with Crippen LogP contribution in [-0.4, -0.2) is 31.9 Å². The molecule has 2 rings (SSSR count). The largest absolute Gasteiger partial charge is 0.377 e. The topological polar surface area (TPSA) is 95.9 Å². The Bertz CT molecular complexity index is 569. The summed E-state index contributed by atoms with van der Waals surface area (Å²) in [5.74, 6) is -0.147. The average Bonchev–Trinajstić information content (AvgIpc) is 2.87. The zero-order valence-corrected chi connectivity index (χ0v) is 10.8. The second kappa shape index (κ2) is 5.05. The van der Waals surface area contributed by atoms with Crippen LogP contribution in [0.15, 0.2) is 30.3 Å². The SMILES string of the molecule is CCC(C)(On1nnnc1-c1ccccc1)C(N)=O. The van der Waals surface area contributed by atoms with E-state index in [0.29, 0.717) is 12.2 Å². The third-order valence-corrected chi connectivity index (χ3v) is 2.96. The molecule has 0 fully saturated rings. The highest BCUT2D eigenvalue weighted by Gasteiger charge is 2.33. The van der Waals surface area contributed by atoms with E-state index in [4.69, 9.17) is 10.6 Å². The maximum absolute atomic E-state index is 11.4. The number of nitrogens with zero attached hydrogens (tertiary/aromatic N) is 4. The van der Waals surface area contributed by atoms with Crippen molar-refractivity contribution in [2.75, 3.05) is 0 Å². The Balaban J connectivity index is 2.33. The first-order valence-electron chi connectivity index (χ1n) is 5.90. The van der Waals surface area contributed by atoms with Gasteiger partial charge in [-0.25, -0.2) is 0 Å². The molecule has 1 unspecified atom stereocenters. The van der Waals surface area contributed by atoms with E-state index < -0.39 is 11.5 Å². The summed E-state index contributed by atoms with van der Waals surface area (Å²) < 4.78 is 0. The summed E-state index contributed by atoms with van der Waals surface area (Å²) in [4.78, 5) is 18.1. The van der Waals surface area contributed by atoms with Gasteiger partial charge in [-0.05, 0) is 23.8 Å². The van der Waals surface area contributed by atoms with Crippen LogP contribution in [0, 0.1) is 0 Å². The monoisotopic (exact) mass is 261 g/mol. The molecular weight excluding hydrogens is 246 g/mol. The number of benzene rings is 1. The van der Waals surface area contributed by atoms with Crippen molar-refractivity contribution < 1.29 is 9.63 Å². The van der Waals surface area contributed by atoms with E-state index in [1.807, 2.05) is 30.3 Å². The predicted molar refractivity (Wildman–Crippen MR) is 67.7 cm³/mol. The summed E-state index contributed by atoms with van der Waals surface area (Å²) >= 11 is 0. The number of carbonyl (C=O) groups is 1. The zero-order valence-electron chi connectivity index (χ0n) is 10.8. The van der Waals surface area contributed by atoms with Gasteiger partial charge in [-0.15, -0.1) is 5.10 Å². The van der Waals surface area contributed by atoms with Gasteiger partial charge in [-0.3, -0.25) is 4.79 Å². The van der Waals surface area contributed by atoms with E-state index in [9.17, 15) is 4.79 Å². The fourth-order valence-corrected chi connectivity index (χ4v) is 1.47. The maximum Gasteiger partial charge on any atom is 0.264 e. The van der Waals surface area contributed by atoms with Crippen molar-refractivity contribution in [3.05, 3.63) is 30.3 Å². The van der Waals surface area contributed by atoms with Gasteiger partial charge in [0.15, 0.2) is 0 Å². The third kappa shape index (κ3) is 2.54. The first-order chi connectivity index (χ1) is 9.07. The Labute approximate surface area is 110 Å². The fourth-order valence-electron chi connectivity index (χ4n) is 1.47. The standard InChI is InChI=1S/C12H15N5O2/c1-3-12(2,11(13)18)19-17-10(14-15-16-17)9-7-5-4-6-8-9/h4-8H,3H2,1-2H3,(H2,13,18). The Morgan fingerprint density at radius 2 is 2.11 bits per heavy atom. The highest BCUT2D eigenvalue weighted by atomic mass is 16.7. The van der Waals surface area contributed by atoms with Gasteiger partial charge in [-0.2, -0.15) is 0 Å². The minimum Gasteiger partial charge on any atom is -0.377 e. The Hall–Kier alpha value is -2.44. The molecule has 19 heavy (non-hydrogen) atoms. The summed E-state index contributed by atoms with van der Waals surface area (Å²) in [5.41, 5.74) is 4.97. The van der Waals surface area contributed by atoms with Gasteiger partial charge in [-0.1, -0.05) is 42.1 Å². The van der Waals surface area contributed by atoms with Crippen molar-refractivity contribution in [1.29, 1.82) is 0 Å². The van der Waals surface area contributed by atoms with Crippen LogP contribution in [0.1, 0.15) is 20.3 Å². The lowest BCUT2D eigenvalue weighted by Crippen LogP contribution is -2.49. The van der Waals surface area contributed by atoms with Gasteiger partial charge in [0.2, 0.25) is 11.4 Å². The van der Waals surface area contributed by atoms with Gasteiger partial charge in [0, 0.05) is 5.56 Å². The molecule has 7 nitrogen and oxygen atoms in total. The van der Waals surface area contributed by atoms with E-state index in [1.54, 1.807) is 13.8 Å². The second-order valence-corrected chi connectivity index (χ2v) is 4.28. The van der Waals surface area contributed by atoms with E-state index in [1.165, 1.54) is 0 Å². The Morgan fingerprint density at radius 3 is 2.68 bits per heavy atom. The van der Waals surface area contributed by atoms with Crippen LogP contribution in [0.3, 0.4) is 0 Å². The third-order valence-electron chi connectivity index (χ3n) is 2.96. The van der Waals surface area contributed by atoms with Crippen LogP contribution in [0.5, 0.6) is 0 Å². The molecule has 0 saturated heterocycles. The summed E-state index contributed by atoms with van der Waals surface area (Å²) in [6, 6.07) is 9.30. The number of hydrogen-bond acceptors (Lipinski definition) is 5. The van der Waals surface area contributed by atoms with Crippen LogP contribution in [0.4, 0.5) is 0 Å². The van der Waals surface area contributed by atoms with Gasteiger partial charge in [0.05, 0.1) is 0 Å². The fraction of sp³-hybridized carbons (Fsp3) is 0.333. The highest BCUT2D eigenvalue weighted by molar-refractivity contribution is 5.82. The van der Waals surface area contributed by atoms with Crippen LogP contribution < -0.4 is 10.6 Å². The number of primary amides is 1. The number of carbonyl (C=O) groups excluding carboxylic acids is 1. The van der Waals surface area contributed by atoms with E-state index in [0.717, 1.165) is 10.4 Å². The lowest BCUT2D eigenvalue weighted by Gasteiger charge is -2.24. The Kier molecular flexibility index (Phi) is 3.46. The average molecular weight is 261 g/mol. The molecule has 1 amide bonds. The molecule has 100 valence electrons. The molecule has 0 saturated carbocycles. The van der Waals surface area contributed by atoms with E-state index in [-0.39, 0.29) is 0 Å². The van der Waals surface area contributed by atoms with Crippen molar-refractivity contribution in [2.24, 2.45) is 5.73 Å². The summed E-state index contributed by atoms with van der Waals surface area (Å²) in [5, 5.41) is 11.2. The minimum atomic E-state index is -1.15. The molecule has 0 aliphatic rings. The molecule has 0 radical (unpaired) electrons. The van der Waals surface area contributed by atoms with Crippen molar-refractivity contribution in [3.63, 3.8) is 0 Å². The predicted octanol–water partition coefficient (Wildman–Crippen LogP) is 0.423. The number of tetrazole rings is 1. The molecule has 0 aliphatic carbocycles. The molecule has 1 aromatic heterocycles. The van der Waals surface area contributed by atoms with Gasteiger partial charge in [0.25, 0.3) is 5.91 Å². The molecule has 0 aliphatic heterocycles. The molecular formula is C12H15N5O2. The van der Waals surface area contributed by atoms with E-state index >= 15 is 0 Å². The number of hydrogen-bond donors (Lipinski definition) is 1. The molecule has 2 N–H and O–H groups in total. The summed E-state index contributed by atoms with van der Waals surface area (Å²) in [6.45, 7) is 3.41. The number of rotatable bonds is 5. The van der Waals surface area contributed by atoms with Crippen molar-refractivity contribution in [3.8, 4) is 11.4 Å². The summed E-state index contributed by atoms with van der Waals surface area (Å²) in [6.07, 6.45) is 0.413. The molecule has 1 aromatic carbocycles. The molecule has 0 spiro atoms. The lowest BCUT2D eigenvalue weighted by atomic mass is 10.0. The number of nitrogens with two attached hydrogens (primary N) is 1. The van der Waals surface area contributed by atoms with Gasteiger partial charge in [0.1, 0.15) is 0 Å². The Morgan fingerprint density at radius 1 is 1.42 bits per heavy atom. The van der Waals surface area contributed by atoms with Crippen LogP contribution in [0.25, 0.3) is 11.4 Å². The molecule has 7 heteroatoms. The van der Waals surface area contributed by atoms with Crippen molar-refractivity contribution >= 4 is 5.91 Å². The maximum atomic E-state index is 11.4. The minimum absolute atomic E-state index is 0.413. The van der Waals surface area contributed by atoms with Crippen molar-refractivity contribution in [1.82, 2.24) is 20.4 Å². The highest BCUT2D eigenvalue weighted by Crippen LogP contribution is 2.17.